The first-order chi connectivity index (χ1) is 10.1. The van der Waals surface area contributed by atoms with E-state index in [1.165, 1.54) is 5.56 Å². The minimum absolute atomic E-state index is 0.0284. The molecule has 1 atom stereocenters. The van der Waals surface area contributed by atoms with Crippen molar-refractivity contribution in [1.29, 1.82) is 0 Å². The Labute approximate surface area is 142 Å². The Balaban J connectivity index is 1.98. The fourth-order valence-electron chi connectivity index (χ4n) is 2.44. The molecule has 0 amide bonds. The van der Waals surface area contributed by atoms with Crippen molar-refractivity contribution in [1.82, 2.24) is 0 Å². The molecule has 0 N–H and O–H groups in total. The van der Waals surface area contributed by atoms with Gasteiger partial charge in [0.2, 0.25) is 0 Å². The molecule has 1 unspecified atom stereocenters. The average molecular weight is 388 g/mol. The van der Waals surface area contributed by atoms with E-state index in [0.717, 1.165) is 29.9 Å². The first kappa shape index (κ1) is 15.0. The van der Waals surface area contributed by atoms with Crippen molar-refractivity contribution in [3.63, 3.8) is 0 Å². The van der Waals surface area contributed by atoms with Gasteiger partial charge in [0.25, 0.3) is 0 Å². The summed E-state index contributed by atoms with van der Waals surface area (Å²) in [6.07, 6.45) is 0.944. The molecule has 0 spiro atoms. The lowest BCUT2D eigenvalue weighted by Crippen LogP contribution is -1.96. The molecular weight excluding hydrogens is 375 g/mol. The van der Waals surface area contributed by atoms with Gasteiger partial charge in [-0.25, -0.2) is 0 Å². The Hall–Kier alpha value is -0.900. The smallest absolute Gasteiger partial charge is 0.138 e. The third-order valence-electron chi connectivity index (χ3n) is 3.55. The molecule has 3 rings (SSSR count). The molecule has 2 aromatic rings. The van der Waals surface area contributed by atoms with E-state index < -0.39 is 0 Å². The third kappa shape index (κ3) is 2.87. The second-order valence-electron chi connectivity index (χ2n) is 4.84. The number of hydrogen-bond acceptors (Lipinski definition) is 2. The monoisotopic (exact) mass is 386 g/mol. The predicted octanol–water partition coefficient (Wildman–Crippen LogP) is 5.42. The highest BCUT2D eigenvalue weighted by atomic mass is 79.9. The second-order valence-corrected chi connectivity index (χ2v) is 6.57. The molecule has 1 aliphatic rings. The second kappa shape index (κ2) is 6.07. The molecule has 2 nitrogen and oxygen atoms in total. The lowest BCUT2D eigenvalue weighted by molar-refractivity contribution is 0.357. The minimum Gasteiger partial charge on any atom is -0.495 e. The van der Waals surface area contributed by atoms with Crippen molar-refractivity contribution < 1.29 is 9.47 Å². The van der Waals surface area contributed by atoms with Crippen LogP contribution in [-0.4, -0.2) is 13.7 Å². The van der Waals surface area contributed by atoms with Crippen LogP contribution in [0.15, 0.2) is 30.3 Å². The molecule has 0 aliphatic carbocycles. The number of rotatable bonds is 3. The lowest BCUT2D eigenvalue weighted by atomic mass is 10.0. The molecule has 0 saturated carbocycles. The van der Waals surface area contributed by atoms with Crippen LogP contribution in [0.3, 0.4) is 0 Å². The highest BCUT2D eigenvalue weighted by molar-refractivity contribution is 9.09. The summed E-state index contributed by atoms with van der Waals surface area (Å²) in [6.45, 7) is 0.751. The van der Waals surface area contributed by atoms with Crippen LogP contribution in [0.4, 0.5) is 0 Å². The summed E-state index contributed by atoms with van der Waals surface area (Å²) in [5, 5.41) is 1.17. The van der Waals surface area contributed by atoms with Crippen LogP contribution >= 0.6 is 39.1 Å². The zero-order chi connectivity index (χ0) is 15.0. The molecule has 1 aliphatic heterocycles. The normalized spacial score (nSPS) is 14.5. The van der Waals surface area contributed by atoms with Gasteiger partial charge in [-0.05, 0) is 28.8 Å². The van der Waals surface area contributed by atoms with Gasteiger partial charge in [-0.15, -0.1) is 0 Å². The summed E-state index contributed by atoms with van der Waals surface area (Å²) in [4.78, 5) is -0.0284. The number of halogens is 3. The maximum Gasteiger partial charge on any atom is 0.138 e. The van der Waals surface area contributed by atoms with E-state index in [4.69, 9.17) is 32.7 Å². The molecule has 2 aromatic carbocycles. The van der Waals surface area contributed by atoms with Crippen LogP contribution in [0.1, 0.15) is 21.5 Å². The highest BCUT2D eigenvalue weighted by Gasteiger charge is 2.19. The van der Waals surface area contributed by atoms with E-state index >= 15 is 0 Å². The van der Waals surface area contributed by atoms with Gasteiger partial charge < -0.3 is 9.47 Å². The molecule has 0 fully saturated rings. The molecule has 110 valence electrons. The van der Waals surface area contributed by atoms with E-state index in [0.29, 0.717) is 15.8 Å². The van der Waals surface area contributed by atoms with Crippen molar-refractivity contribution in [3.8, 4) is 11.5 Å². The summed E-state index contributed by atoms with van der Waals surface area (Å²) in [7, 11) is 1.57. The number of benzene rings is 2. The number of alkyl halides is 1. The van der Waals surface area contributed by atoms with Crippen molar-refractivity contribution in [2.45, 2.75) is 11.2 Å². The number of fused-ring (bicyclic) bond motifs is 1. The van der Waals surface area contributed by atoms with E-state index in [9.17, 15) is 0 Å². The van der Waals surface area contributed by atoms with E-state index in [2.05, 4.69) is 22.0 Å². The van der Waals surface area contributed by atoms with Crippen LogP contribution in [0.5, 0.6) is 11.5 Å². The quantitative estimate of drug-likeness (QED) is 0.654. The largest absolute Gasteiger partial charge is 0.495 e. The van der Waals surface area contributed by atoms with Crippen LogP contribution in [0.25, 0.3) is 0 Å². The zero-order valence-electron chi connectivity index (χ0n) is 11.3. The Morgan fingerprint density at radius 2 is 2.00 bits per heavy atom. The van der Waals surface area contributed by atoms with Gasteiger partial charge in [-0.3, -0.25) is 0 Å². The number of ether oxygens (including phenoxy) is 2. The summed E-state index contributed by atoms with van der Waals surface area (Å²) in [5.74, 6) is 1.55. The summed E-state index contributed by atoms with van der Waals surface area (Å²) in [6, 6.07) is 9.77. The van der Waals surface area contributed by atoms with Crippen molar-refractivity contribution in [2.24, 2.45) is 0 Å². The molecule has 0 bridgehead atoms. The maximum absolute atomic E-state index is 6.35. The van der Waals surface area contributed by atoms with E-state index in [1.54, 1.807) is 13.2 Å². The molecular formula is C16H13BrCl2O2. The first-order valence-corrected chi connectivity index (χ1v) is 8.20. The minimum atomic E-state index is -0.0284. The van der Waals surface area contributed by atoms with Gasteiger partial charge in [0.05, 0.1) is 23.6 Å². The Morgan fingerprint density at radius 3 is 2.76 bits per heavy atom. The van der Waals surface area contributed by atoms with Gasteiger partial charge in [0.15, 0.2) is 0 Å². The van der Waals surface area contributed by atoms with Gasteiger partial charge in [-0.2, -0.15) is 0 Å². The molecule has 0 aromatic heterocycles. The van der Waals surface area contributed by atoms with Gasteiger partial charge in [-0.1, -0.05) is 51.3 Å². The Kier molecular flexibility index (Phi) is 4.34. The zero-order valence-corrected chi connectivity index (χ0v) is 14.4. The molecule has 0 saturated heterocycles. The molecule has 0 radical (unpaired) electrons. The topological polar surface area (TPSA) is 18.5 Å². The SMILES string of the molecule is COc1cc(Cl)c(C(Br)c2ccc3c(c2)CCO3)cc1Cl. The van der Waals surface area contributed by atoms with Crippen molar-refractivity contribution in [3.05, 3.63) is 57.1 Å². The van der Waals surface area contributed by atoms with Crippen molar-refractivity contribution >= 4 is 39.1 Å². The van der Waals surface area contributed by atoms with Crippen LogP contribution < -0.4 is 9.47 Å². The predicted molar refractivity (Wildman–Crippen MR) is 89.4 cm³/mol. The lowest BCUT2D eigenvalue weighted by Gasteiger charge is -2.15. The van der Waals surface area contributed by atoms with Crippen LogP contribution in [0, 0.1) is 0 Å². The Morgan fingerprint density at radius 1 is 1.19 bits per heavy atom. The van der Waals surface area contributed by atoms with Gasteiger partial charge in [0.1, 0.15) is 11.5 Å². The summed E-state index contributed by atoms with van der Waals surface area (Å²) >= 11 is 16.3. The first-order valence-electron chi connectivity index (χ1n) is 6.52. The fourth-order valence-corrected chi connectivity index (χ4v) is 3.75. The average Bonchev–Trinajstić information content (AvgIpc) is 2.95. The summed E-state index contributed by atoms with van der Waals surface area (Å²) < 4.78 is 10.7. The molecule has 21 heavy (non-hydrogen) atoms. The fraction of sp³-hybridized carbons (Fsp3) is 0.250. The van der Waals surface area contributed by atoms with E-state index in [-0.39, 0.29) is 4.83 Å². The molecule has 5 heteroatoms. The van der Waals surface area contributed by atoms with E-state index in [1.807, 2.05) is 18.2 Å². The summed E-state index contributed by atoms with van der Waals surface area (Å²) in [5.41, 5.74) is 3.27. The number of methoxy groups -OCH3 is 1. The third-order valence-corrected chi connectivity index (χ3v) is 5.19. The van der Waals surface area contributed by atoms with Crippen molar-refractivity contribution in [2.75, 3.05) is 13.7 Å². The highest BCUT2D eigenvalue weighted by Crippen LogP contribution is 2.41. The molecule has 1 heterocycles. The standard InChI is InChI=1S/C16H13BrCl2O2/c1-20-15-8-12(18)11(7-13(15)19)16(17)10-2-3-14-9(6-10)4-5-21-14/h2-3,6-8,16H,4-5H2,1H3. The number of hydrogen-bond donors (Lipinski definition) is 0. The maximum atomic E-state index is 6.35. The van der Waals surface area contributed by atoms with Gasteiger partial charge in [0, 0.05) is 17.5 Å². The van der Waals surface area contributed by atoms with Crippen LogP contribution in [-0.2, 0) is 6.42 Å². The van der Waals surface area contributed by atoms with Gasteiger partial charge >= 0.3 is 0 Å². The Bertz CT molecular complexity index is 688. The van der Waals surface area contributed by atoms with Crippen LogP contribution in [0.2, 0.25) is 10.0 Å².